The Morgan fingerprint density at radius 3 is 2.43 bits per heavy atom. The first-order valence-electron chi connectivity index (χ1n) is 7.44. The van der Waals surface area contributed by atoms with Crippen molar-refractivity contribution < 1.29 is 14.7 Å². The highest BCUT2D eigenvalue weighted by Gasteiger charge is 2.14. The van der Waals surface area contributed by atoms with E-state index in [9.17, 15) is 9.59 Å². The van der Waals surface area contributed by atoms with Crippen LogP contribution in [-0.2, 0) is 4.79 Å². The predicted octanol–water partition coefficient (Wildman–Crippen LogP) is 3.09. The van der Waals surface area contributed by atoms with Gasteiger partial charge in [0.05, 0.1) is 0 Å². The van der Waals surface area contributed by atoms with Crippen molar-refractivity contribution in [3.8, 4) is 0 Å². The maximum atomic E-state index is 12.0. The third-order valence-corrected chi connectivity index (χ3v) is 3.87. The summed E-state index contributed by atoms with van der Waals surface area (Å²) in [5.41, 5.74) is 1.37. The number of hydrogen-bond acceptors (Lipinski definition) is 2. The normalized spacial score (nSPS) is 16.0. The molecule has 0 aliphatic heterocycles. The molecule has 4 nitrogen and oxygen atoms in total. The fourth-order valence-electron chi connectivity index (χ4n) is 2.64. The molecule has 2 rings (SSSR count). The Morgan fingerprint density at radius 1 is 1.14 bits per heavy atom. The van der Waals surface area contributed by atoms with Crippen LogP contribution in [0.4, 0.5) is 0 Å². The Morgan fingerprint density at radius 2 is 1.81 bits per heavy atom. The van der Waals surface area contributed by atoms with Crippen LogP contribution in [0.5, 0.6) is 0 Å². The van der Waals surface area contributed by atoms with Gasteiger partial charge in [0.15, 0.2) is 0 Å². The van der Waals surface area contributed by atoms with Gasteiger partial charge >= 0.3 is 5.97 Å². The number of carbonyl (C=O) groups is 2. The summed E-state index contributed by atoms with van der Waals surface area (Å²) < 4.78 is 0. The second-order valence-electron chi connectivity index (χ2n) is 5.51. The van der Waals surface area contributed by atoms with Crippen molar-refractivity contribution in [3.05, 3.63) is 41.5 Å². The van der Waals surface area contributed by atoms with Gasteiger partial charge in [-0.1, -0.05) is 31.4 Å². The molecule has 1 aromatic rings. The minimum absolute atomic E-state index is 0.0608. The van der Waals surface area contributed by atoms with Crippen LogP contribution in [-0.4, -0.2) is 23.5 Å². The molecule has 0 aromatic heterocycles. The van der Waals surface area contributed by atoms with Crippen LogP contribution in [0, 0.1) is 5.92 Å². The number of amides is 1. The molecule has 0 heterocycles. The molecule has 2 N–H and O–H groups in total. The Hall–Kier alpha value is -2.10. The summed E-state index contributed by atoms with van der Waals surface area (Å²) >= 11 is 0. The monoisotopic (exact) mass is 287 g/mol. The van der Waals surface area contributed by atoms with E-state index in [0.29, 0.717) is 11.5 Å². The van der Waals surface area contributed by atoms with Crippen molar-refractivity contribution in [1.29, 1.82) is 0 Å². The van der Waals surface area contributed by atoms with Gasteiger partial charge < -0.3 is 10.4 Å². The van der Waals surface area contributed by atoms with Crippen LogP contribution < -0.4 is 5.32 Å². The molecule has 1 saturated carbocycles. The molecular weight excluding hydrogens is 266 g/mol. The van der Waals surface area contributed by atoms with E-state index in [2.05, 4.69) is 5.32 Å². The highest BCUT2D eigenvalue weighted by Crippen LogP contribution is 2.22. The molecule has 4 heteroatoms. The lowest BCUT2D eigenvalue weighted by Gasteiger charge is -2.21. The van der Waals surface area contributed by atoms with Gasteiger partial charge in [-0.2, -0.15) is 0 Å². The van der Waals surface area contributed by atoms with Gasteiger partial charge in [-0.3, -0.25) is 4.79 Å². The van der Waals surface area contributed by atoms with Gasteiger partial charge in [-0.15, -0.1) is 0 Å². The average Bonchev–Trinajstić information content (AvgIpc) is 2.52. The lowest BCUT2D eigenvalue weighted by molar-refractivity contribution is -0.131. The SMILES string of the molecule is O=C(O)C=Cc1ccc(C(=O)NCC2CCCCC2)cc1. The van der Waals surface area contributed by atoms with E-state index in [1.165, 1.54) is 38.2 Å². The maximum Gasteiger partial charge on any atom is 0.328 e. The number of benzene rings is 1. The highest BCUT2D eigenvalue weighted by atomic mass is 16.4. The molecule has 0 atom stereocenters. The number of rotatable bonds is 5. The fraction of sp³-hybridized carbons (Fsp3) is 0.412. The smallest absolute Gasteiger partial charge is 0.328 e. The molecule has 1 aliphatic carbocycles. The third kappa shape index (κ3) is 5.06. The van der Waals surface area contributed by atoms with E-state index in [0.717, 1.165) is 18.2 Å². The molecule has 1 aromatic carbocycles. The molecule has 112 valence electrons. The summed E-state index contributed by atoms with van der Waals surface area (Å²) in [6, 6.07) is 6.93. The molecule has 0 spiro atoms. The number of carboxylic acid groups (broad SMARTS) is 1. The van der Waals surface area contributed by atoms with Gasteiger partial charge in [0.1, 0.15) is 0 Å². The number of carboxylic acids is 1. The van der Waals surface area contributed by atoms with Gasteiger partial charge in [-0.25, -0.2) is 4.79 Å². The van der Waals surface area contributed by atoms with Crippen LogP contribution >= 0.6 is 0 Å². The third-order valence-electron chi connectivity index (χ3n) is 3.87. The van der Waals surface area contributed by atoms with Gasteiger partial charge in [0.2, 0.25) is 0 Å². The molecule has 21 heavy (non-hydrogen) atoms. The predicted molar refractivity (Wildman–Crippen MR) is 82.0 cm³/mol. The van der Waals surface area contributed by atoms with Crippen molar-refractivity contribution in [3.63, 3.8) is 0 Å². The number of hydrogen-bond donors (Lipinski definition) is 2. The zero-order valence-corrected chi connectivity index (χ0v) is 12.0. The Balaban J connectivity index is 1.85. The summed E-state index contributed by atoms with van der Waals surface area (Å²) in [7, 11) is 0. The first-order valence-corrected chi connectivity index (χ1v) is 7.44. The molecule has 0 radical (unpaired) electrons. The van der Waals surface area contributed by atoms with Crippen molar-refractivity contribution in [2.75, 3.05) is 6.54 Å². The lowest BCUT2D eigenvalue weighted by atomic mass is 9.89. The van der Waals surface area contributed by atoms with Crippen LogP contribution in [0.3, 0.4) is 0 Å². The lowest BCUT2D eigenvalue weighted by Crippen LogP contribution is -2.30. The largest absolute Gasteiger partial charge is 0.478 e. The first-order chi connectivity index (χ1) is 10.1. The molecular formula is C17H21NO3. The standard InChI is InChI=1S/C17H21NO3/c19-16(20)11-8-13-6-9-15(10-7-13)17(21)18-12-14-4-2-1-3-5-14/h6-11,14H,1-5,12H2,(H,18,21)(H,19,20). The van der Waals surface area contributed by atoms with Crippen LogP contribution in [0.2, 0.25) is 0 Å². The first kappa shape index (κ1) is 15.3. The van der Waals surface area contributed by atoms with Crippen LogP contribution in [0.1, 0.15) is 48.0 Å². The second kappa shape index (κ2) is 7.62. The van der Waals surface area contributed by atoms with Crippen molar-refractivity contribution in [2.45, 2.75) is 32.1 Å². The molecule has 0 bridgehead atoms. The molecule has 0 saturated heterocycles. The number of carbonyl (C=O) groups excluding carboxylic acids is 1. The second-order valence-corrected chi connectivity index (χ2v) is 5.51. The Bertz CT molecular complexity index is 513. The number of nitrogens with one attached hydrogen (secondary N) is 1. The van der Waals surface area contributed by atoms with Crippen LogP contribution in [0.15, 0.2) is 30.3 Å². The topological polar surface area (TPSA) is 66.4 Å². The molecule has 1 amide bonds. The van der Waals surface area contributed by atoms with Gasteiger partial charge in [-0.05, 0) is 42.5 Å². The summed E-state index contributed by atoms with van der Waals surface area (Å²) in [5.74, 6) is -0.431. The average molecular weight is 287 g/mol. The van der Waals surface area contributed by atoms with Gasteiger partial charge in [0.25, 0.3) is 5.91 Å². The van der Waals surface area contributed by atoms with E-state index in [4.69, 9.17) is 5.11 Å². The quantitative estimate of drug-likeness (QED) is 0.818. The van der Waals surface area contributed by atoms with Crippen molar-refractivity contribution >= 4 is 18.0 Å². The fourth-order valence-corrected chi connectivity index (χ4v) is 2.64. The van der Waals surface area contributed by atoms with E-state index >= 15 is 0 Å². The summed E-state index contributed by atoms with van der Waals surface area (Å²) in [4.78, 5) is 22.5. The minimum Gasteiger partial charge on any atom is -0.478 e. The summed E-state index contributed by atoms with van der Waals surface area (Å²) in [6.07, 6.45) is 8.86. The molecule has 1 fully saturated rings. The maximum absolute atomic E-state index is 12.0. The van der Waals surface area contributed by atoms with Crippen LogP contribution in [0.25, 0.3) is 6.08 Å². The minimum atomic E-state index is -0.982. The Kier molecular flexibility index (Phi) is 5.55. The summed E-state index contributed by atoms with van der Waals surface area (Å²) in [6.45, 7) is 0.750. The molecule has 1 aliphatic rings. The van der Waals surface area contributed by atoms with Crippen molar-refractivity contribution in [1.82, 2.24) is 5.32 Å². The van der Waals surface area contributed by atoms with E-state index in [1.807, 2.05) is 0 Å². The van der Waals surface area contributed by atoms with Crippen molar-refractivity contribution in [2.24, 2.45) is 5.92 Å². The number of aliphatic carboxylic acids is 1. The van der Waals surface area contributed by atoms with E-state index < -0.39 is 5.97 Å². The van der Waals surface area contributed by atoms with E-state index in [-0.39, 0.29) is 5.91 Å². The zero-order chi connectivity index (χ0) is 15.1. The molecule has 0 unspecified atom stereocenters. The Labute approximate surface area is 124 Å². The van der Waals surface area contributed by atoms with Gasteiger partial charge in [0, 0.05) is 18.2 Å². The highest BCUT2D eigenvalue weighted by molar-refractivity contribution is 5.94. The summed E-state index contributed by atoms with van der Waals surface area (Å²) in [5, 5.41) is 11.5. The van der Waals surface area contributed by atoms with E-state index in [1.54, 1.807) is 24.3 Å². The zero-order valence-electron chi connectivity index (χ0n) is 12.0.